The van der Waals surface area contributed by atoms with Crippen molar-refractivity contribution in [1.82, 2.24) is 5.32 Å². The first-order valence-corrected chi connectivity index (χ1v) is 8.29. The van der Waals surface area contributed by atoms with Crippen LogP contribution < -0.4 is 14.8 Å². The van der Waals surface area contributed by atoms with Crippen LogP contribution in [0.3, 0.4) is 0 Å². The van der Waals surface area contributed by atoms with Crippen molar-refractivity contribution in [3.63, 3.8) is 0 Å². The number of ether oxygens (including phenoxy) is 2. The second kappa shape index (κ2) is 9.98. The molecule has 1 aromatic rings. The molecule has 108 valence electrons. The zero-order valence-electron chi connectivity index (χ0n) is 12.2. The highest BCUT2D eigenvalue weighted by molar-refractivity contribution is 7.98. The number of benzene rings is 1. The lowest BCUT2D eigenvalue weighted by Crippen LogP contribution is -2.14. The van der Waals surface area contributed by atoms with Crippen LogP contribution in [0.25, 0.3) is 0 Å². The summed E-state index contributed by atoms with van der Waals surface area (Å²) < 4.78 is 11.4. The van der Waals surface area contributed by atoms with E-state index in [0.29, 0.717) is 13.2 Å². The molecule has 0 fully saturated rings. The fourth-order valence-electron chi connectivity index (χ4n) is 1.69. The van der Waals surface area contributed by atoms with Gasteiger partial charge in [0, 0.05) is 12.3 Å². The van der Waals surface area contributed by atoms with E-state index in [4.69, 9.17) is 9.47 Å². The lowest BCUT2D eigenvalue weighted by Gasteiger charge is -2.13. The van der Waals surface area contributed by atoms with E-state index in [2.05, 4.69) is 30.6 Å². The van der Waals surface area contributed by atoms with Crippen molar-refractivity contribution in [3.05, 3.63) is 23.8 Å². The van der Waals surface area contributed by atoms with E-state index in [-0.39, 0.29) is 0 Å². The summed E-state index contributed by atoms with van der Waals surface area (Å²) in [5, 5.41) is 3.39. The first-order chi connectivity index (χ1) is 9.31. The lowest BCUT2D eigenvalue weighted by atomic mass is 10.2. The molecule has 0 aliphatic heterocycles. The highest BCUT2D eigenvalue weighted by Gasteiger charge is 2.06. The van der Waals surface area contributed by atoms with Crippen LogP contribution in [0.15, 0.2) is 18.2 Å². The Morgan fingerprint density at radius 3 is 2.68 bits per heavy atom. The van der Waals surface area contributed by atoms with Gasteiger partial charge < -0.3 is 14.8 Å². The molecule has 0 unspecified atom stereocenters. The first-order valence-electron chi connectivity index (χ1n) is 6.90. The summed E-state index contributed by atoms with van der Waals surface area (Å²) in [5.41, 5.74) is 1.23. The number of nitrogens with one attached hydrogen (secondary N) is 1. The van der Waals surface area contributed by atoms with Crippen LogP contribution in [0.5, 0.6) is 11.5 Å². The smallest absolute Gasteiger partial charge is 0.161 e. The highest BCUT2D eigenvalue weighted by Crippen LogP contribution is 2.28. The van der Waals surface area contributed by atoms with Crippen LogP contribution in [0.1, 0.15) is 25.8 Å². The molecule has 4 heteroatoms. The Bertz CT molecular complexity index is 358. The number of hydrogen-bond acceptors (Lipinski definition) is 4. The van der Waals surface area contributed by atoms with Crippen molar-refractivity contribution in [2.75, 3.05) is 31.8 Å². The third-order valence-corrected chi connectivity index (χ3v) is 3.18. The Labute approximate surface area is 121 Å². The van der Waals surface area contributed by atoms with Crippen molar-refractivity contribution in [1.29, 1.82) is 0 Å². The zero-order chi connectivity index (χ0) is 13.9. The second-order valence-corrected chi connectivity index (χ2v) is 5.22. The average Bonchev–Trinajstić information content (AvgIpc) is 2.42. The monoisotopic (exact) mass is 283 g/mol. The largest absolute Gasteiger partial charge is 0.490 e. The van der Waals surface area contributed by atoms with E-state index in [1.54, 1.807) is 11.8 Å². The molecule has 1 rings (SSSR count). The maximum absolute atomic E-state index is 5.74. The van der Waals surface area contributed by atoms with Gasteiger partial charge in [-0.3, -0.25) is 0 Å². The van der Waals surface area contributed by atoms with Gasteiger partial charge in [-0.05, 0) is 43.8 Å². The van der Waals surface area contributed by atoms with E-state index < -0.39 is 0 Å². The predicted octanol–water partition coefficient (Wildman–Crippen LogP) is 3.33. The minimum absolute atomic E-state index is 0.657. The van der Waals surface area contributed by atoms with Gasteiger partial charge in [-0.1, -0.05) is 13.0 Å². The fraction of sp³-hybridized carbons (Fsp3) is 0.600. The maximum atomic E-state index is 5.74. The molecule has 0 atom stereocenters. The lowest BCUT2D eigenvalue weighted by molar-refractivity contribution is 0.289. The molecular formula is C15H25NO2S. The van der Waals surface area contributed by atoms with Crippen molar-refractivity contribution in [2.24, 2.45) is 0 Å². The molecule has 0 amide bonds. The summed E-state index contributed by atoms with van der Waals surface area (Å²) in [4.78, 5) is 0. The van der Waals surface area contributed by atoms with E-state index in [9.17, 15) is 0 Å². The Hall–Kier alpha value is -0.870. The van der Waals surface area contributed by atoms with Gasteiger partial charge >= 0.3 is 0 Å². The summed E-state index contributed by atoms with van der Waals surface area (Å²) in [6, 6.07) is 6.18. The molecule has 1 N–H and O–H groups in total. The summed E-state index contributed by atoms with van der Waals surface area (Å²) in [6.45, 7) is 7.45. The van der Waals surface area contributed by atoms with Crippen LogP contribution in [0, 0.1) is 0 Å². The zero-order valence-corrected chi connectivity index (χ0v) is 13.0. The van der Waals surface area contributed by atoms with Gasteiger partial charge in [-0.15, -0.1) is 0 Å². The minimum Gasteiger partial charge on any atom is -0.490 e. The molecule has 0 radical (unpaired) electrons. The summed E-state index contributed by atoms with van der Waals surface area (Å²) in [7, 11) is 0. The Morgan fingerprint density at radius 1 is 1.16 bits per heavy atom. The topological polar surface area (TPSA) is 30.5 Å². The van der Waals surface area contributed by atoms with Gasteiger partial charge in [-0.2, -0.15) is 11.8 Å². The van der Waals surface area contributed by atoms with Crippen molar-refractivity contribution < 1.29 is 9.47 Å². The molecule has 0 spiro atoms. The number of rotatable bonds is 10. The van der Waals surface area contributed by atoms with Crippen molar-refractivity contribution in [2.45, 2.75) is 26.8 Å². The van der Waals surface area contributed by atoms with E-state index in [1.807, 2.05) is 13.0 Å². The summed E-state index contributed by atoms with van der Waals surface area (Å²) in [5.74, 6) is 2.68. The van der Waals surface area contributed by atoms with Crippen molar-refractivity contribution >= 4 is 11.8 Å². The molecule has 3 nitrogen and oxygen atoms in total. The minimum atomic E-state index is 0.657. The van der Waals surface area contributed by atoms with Crippen LogP contribution in [0.4, 0.5) is 0 Å². The van der Waals surface area contributed by atoms with E-state index >= 15 is 0 Å². The second-order valence-electron chi connectivity index (χ2n) is 4.23. The average molecular weight is 283 g/mol. The Kier molecular flexibility index (Phi) is 8.50. The van der Waals surface area contributed by atoms with E-state index in [1.165, 1.54) is 5.56 Å². The highest BCUT2D eigenvalue weighted by atomic mass is 32.2. The van der Waals surface area contributed by atoms with Crippen LogP contribution in [0.2, 0.25) is 0 Å². The third kappa shape index (κ3) is 6.21. The van der Waals surface area contributed by atoms with Gasteiger partial charge in [0.05, 0.1) is 13.2 Å². The van der Waals surface area contributed by atoms with E-state index in [0.717, 1.165) is 36.8 Å². The molecule has 1 aromatic carbocycles. The SMILES string of the molecule is CCCNCc1ccc(OCCSC)c(OCC)c1. The molecule has 0 aromatic heterocycles. The van der Waals surface area contributed by atoms with Gasteiger partial charge in [0.25, 0.3) is 0 Å². The summed E-state index contributed by atoms with van der Waals surface area (Å²) in [6.07, 6.45) is 3.23. The van der Waals surface area contributed by atoms with Gasteiger partial charge in [-0.25, -0.2) is 0 Å². The molecule has 0 aliphatic rings. The quantitative estimate of drug-likeness (QED) is 0.667. The molecule has 0 saturated heterocycles. The van der Waals surface area contributed by atoms with Crippen molar-refractivity contribution in [3.8, 4) is 11.5 Å². The number of thioether (sulfide) groups is 1. The van der Waals surface area contributed by atoms with Crippen LogP contribution in [-0.4, -0.2) is 31.8 Å². The maximum Gasteiger partial charge on any atom is 0.161 e. The standard InChI is InChI=1S/C15H25NO2S/c1-4-8-16-12-13-6-7-14(18-9-10-19-3)15(11-13)17-5-2/h6-7,11,16H,4-5,8-10,12H2,1-3H3. The van der Waals surface area contributed by atoms with Crippen LogP contribution >= 0.6 is 11.8 Å². The molecule has 19 heavy (non-hydrogen) atoms. The fourth-order valence-corrected chi connectivity index (χ4v) is 1.94. The molecule has 0 saturated carbocycles. The Morgan fingerprint density at radius 2 is 2.00 bits per heavy atom. The summed E-state index contributed by atoms with van der Waals surface area (Å²) >= 11 is 1.78. The predicted molar refractivity (Wildman–Crippen MR) is 83.5 cm³/mol. The van der Waals surface area contributed by atoms with Gasteiger partial charge in [0.2, 0.25) is 0 Å². The molecule has 0 aliphatic carbocycles. The van der Waals surface area contributed by atoms with Crippen LogP contribution in [-0.2, 0) is 6.54 Å². The third-order valence-electron chi connectivity index (χ3n) is 2.61. The van der Waals surface area contributed by atoms with Gasteiger partial charge in [0.1, 0.15) is 0 Å². The normalized spacial score (nSPS) is 10.5. The Balaban J connectivity index is 2.64. The molecular weight excluding hydrogens is 258 g/mol. The number of hydrogen-bond donors (Lipinski definition) is 1. The molecule has 0 heterocycles. The molecule has 0 bridgehead atoms. The first kappa shape index (κ1) is 16.2. The van der Waals surface area contributed by atoms with Gasteiger partial charge in [0.15, 0.2) is 11.5 Å².